The molecule has 1 aliphatic heterocycles. The number of hydrogen-bond donors (Lipinski definition) is 0. The van der Waals surface area contributed by atoms with Crippen LogP contribution in [0.4, 0.5) is 13.2 Å². The van der Waals surface area contributed by atoms with E-state index in [0.717, 1.165) is 12.1 Å². The Labute approximate surface area is 133 Å². The lowest BCUT2D eigenvalue weighted by atomic mass is 10.0. The van der Waals surface area contributed by atoms with Gasteiger partial charge in [-0.2, -0.15) is 13.2 Å². The van der Waals surface area contributed by atoms with E-state index in [0.29, 0.717) is 25.3 Å². The molecule has 23 heavy (non-hydrogen) atoms. The van der Waals surface area contributed by atoms with Gasteiger partial charge in [0.25, 0.3) is 5.91 Å². The Kier molecular flexibility index (Phi) is 5.64. The summed E-state index contributed by atoms with van der Waals surface area (Å²) in [7, 11) is 0. The SMILES string of the molecule is CCN(C(=O)[C@@H]1COCCO1)[C@H](C)c1cccc(C(F)(F)F)c1. The monoisotopic (exact) mass is 331 g/mol. The van der Waals surface area contributed by atoms with E-state index >= 15 is 0 Å². The fraction of sp³-hybridized carbons (Fsp3) is 0.562. The van der Waals surface area contributed by atoms with Crippen LogP contribution in [0.5, 0.6) is 0 Å². The Morgan fingerprint density at radius 3 is 2.70 bits per heavy atom. The van der Waals surface area contributed by atoms with Crippen molar-refractivity contribution >= 4 is 5.91 Å². The number of alkyl halides is 3. The zero-order valence-electron chi connectivity index (χ0n) is 13.1. The number of hydrogen-bond acceptors (Lipinski definition) is 3. The first-order chi connectivity index (χ1) is 10.8. The van der Waals surface area contributed by atoms with Crippen LogP contribution in [0.25, 0.3) is 0 Å². The number of benzene rings is 1. The molecule has 7 heteroatoms. The van der Waals surface area contributed by atoms with Gasteiger partial charge in [-0.25, -0.2) is 0 Å². The fourth-order valence-corrected chi connectivity index (χ4v) is 2.59. The average Bonchev–Trinajstić information content (AvgIpc) is 2.55. The normalized spacial score (nSPS) is 20.1. The van der Waals surface area contributed by atoms with Gasteiger partial charge < -0.3 is 14.4 Å². The van der Waals surface area contributed by atoms with E-state index in [1.807, 2.05) is 0 Å². The standard InChI is InChI=1S/C16H20F3NO3/c1-3-20(15(21)14-10-22-7-8-23-14)11(2)12-5-4-6-13(9-12)16(17,18)19/h4-6,9,11,14H,3,7-8,10H2,1-2H3/t11-,14+/m1/s1. The molecule has 0 bridgehead atoms. The van der Waals surface area contributed by atoms with Crippen LogP contribution in [0.3, 0.4) is 0 Å². The third kappa shape index (κ3) is 4.23. The van der Waals surface area contributed by atoms with Crippen LogP contribution < -0.4 is 0 Å². The first-order valence-corrected chi connectivity index (χ1v) is 7.51. The maximum atomic E-state index is 12.8. The summed E-state index contributed by atoms with van der Waals surface area (Å²) in [6.07, 6.45) is -5.10. The molecule has 2 atom stereocenters. The Hall–Kier alpha value is -1.60. The van der Waals surface area contributed by atoms with Gasteiger partial charge in [0.1, 0.15) is 0 Å². The van der Waals surface area contributed by atoms with E-state index < -0.39 is 23.9 Å². The minimum Gasteiger partial charge on any atom is -0.376 e. The Morgan fingerprint density at radius 2 is 2.13 bits per heavy atom. The van der Waals surface area contributed by atoms with E-state index in [1.54, 1.807) is 19.9 Å². The lowest BCUT2D eigenvalue weighted by Gasteiger charge is -2.33. The topological polar surface area (TPSA) is 38.8 Å². The summed E-state index contributed by atoms with van der Waals surface area (Å²) in [5.74, 6) is -0.267. The van der Waals surface area contributed by atoms with Crippen molar-refractivity contribution in [3.63, 3.8) is 0 Å². The van der Waals surface area contributed by atoms with Gasteiger partial charge in [0, 0.05) is 6.54 Å². The number of nitrogens with zero attached hydrogens (tertiary/aromatic N) is 1. The van der Waals surface area contributed by atoms with E-state index in [2.05, 4.69) is 0 Å². The van der Waals surface area contributed by atoms with Crippen LogP contribution in [0.1, 0.15) is 31.0 Å². The van der Waals surface area contributed by atoms with Crippen molar-refractivity contribution < 1.29 is 27.4 Å². The van der Waals surface area contributed by atoms with Gasteiger partial charge in [0.2, 0.25) is 0 Å². The number of rotatable bonds is 4. The third-order valence-corrected chi connectivity index (χ3v) is 3.88. The first-order valence-electron chi connectivity index (χ1n) is 7.51. The Morgan fingerprint density at radius 1 is 1.39 bits per heavy atom. The predicted molar refractivity (Wildman–Crippen MR) is 77.8 cm³/mol. The molecule has 0 saturated carbocycles. The molecule has 0 aromatic heterocycles. The maximum absolute atomic E-state index is 12.8. The zero-order valence-corrected chi connectivity index (χ0v) is 13.1. The van der Waals surface area contributed by atoms with Crippen molar-refractivity contribution in [3.05, 3.63) is 35.4 Å². The molecule has 1 aromatic rings. The van der Waals surface area contributed by atoms with Gasteiger partial charge in [-0.05, 0) is 31.5 Å². The van der Waals surface area contributed by atoms with Gasteiger partial charge in [-0.1, -0.05) is 12.1 Å². The molecule has 1 heterocycles. The highest BCUT2D eigenvalue weighted by Gasteiger charge is 2.33. The summed E-state index contributed by atoms with van der Waals surface area (Å²) in [6.45, 7) is 4.82. The molecule has 1 fully saturated rings. The van der Waals surface area contributed by atoms with Crippen LogP contribution in [0, 0.1) is 0 Å². The molecule has 0 unspecified atom stereocenters. The second-order valence-electron chi connectivity index (χ2n) is 5.36. The molecule has 0 N–H and O–H groups in total. The predicted octanol–water partition coefficient (Wildman–Crippen LogP) is 3.03. The van der Waals surface area contributed by atoms with Crippen molar-refractivity contribution in [2.24, 2.45) is 0 Å². The number of halogens is 3. The molecule has 0 aliphatic carbocycles. The summed E-state index contributed by atoms with van der Waals surface area (Å²) in [4.78, 5) is 14.0. The Bertz CT molecular complexity index is 542. The van der Waals surface area contributed by atoms with E-state index in [-0.39, 0.29) is 12.5 Å². The molecule has 2 rings (SSSR count). The van der Waals surface area contributed by atoms with E-state index in [9.17, 15) is 18.0 Å². The zero-order chi connectivity index (χ0) is 17.0. The van der Waals surface area contributed by atoms with Crippen molar-refractivity contribution in [2.45, 2.75) is 32.2 Å². The number of ether oxygens (including phenoxy) is 2. The van der Waals surface area contributed by atoms with Gasteiger partial charge >= 0.3 is 6.18 Å². The second-order valence-corrected chi connectivity index (χ2v) is 5.36. The minimum atomic E-state index is -4.41. The van der Waals surface area contributed by atoms with Crippen LogP contribution in [0.2, 0.25) is 0 Å². The van der Waals surface area contributed by atoms with Crippen molar-refractivity contribution in [1.29, 1.82) is 0 Å². The van der Waals surface area contributed by atoms with E-state index in [4.69, 9.17) is 9.47 Å². The molecular weight excluding hydrogens is 311 g/mol. The largest absolute Gasteiger partial charge is 0.416 e. The lowest BCUT2D eigenvalue weighted by molar-refractivity contribution is -0.159. The fourth-order valence-electron chi connectivity index (χ4n) is 2.59. The van der Waals surface area contributed by atoms with Crippen molar-refractivity contribution in [2.75, 3.05) is 26.4 Å². The molecule has 4 nitrogen and oxygen atoms in total. The number of amides is 1. The quantitative estimate of drug-likeness (QED) is 0.851. The van der Waals surface area contributed by atoms with Gasteiger partial charge in [-0.15, -0.1) is 0 Å². The summed E-state index contributed by atoms with van der Waals surface area (Å²) in [5.41, 5.74) is -0.283. The molecule has 1 saturated heterocycles. The van der Waals surface area contributed by atoms with Gasteiger partial charge in [-0.3, -0.25) is 4.79 Å². The number of carbonyl (C=O) groups excluding carboxylic acids is 1. The molecule has 1 aromatic carbocycles. The minimum absolute atomic E-state index is 0.171. The summed E-state index contributed by atoms with van der Waals surface area (Å²) in [6, 6.07) is 4.56. The summed E-state index contributed by atoms with van der Waals surface area (Å²) in [5, 5.41) is 0. The van der Waals surface area contributed by atoms with Crippen LogP contribution in [-0.2, 0) is 20.4 Å². The first kappa shape index (κ1) is 17.7. The molecule has 128 valence electrons. The highest BCUT2D eigenvalue weighted by Crippen LogP contribution is 2.32. The average molecular weight is 331 g/mol. The van der Waals surface area contributed by atoms with Crippen LogP contribution in [0.15, 0.2) is 24.3 Å². The van der Waals surface area contributed by atoms with Gasteiger partial charge in [0.05, 0.1) is 31.4 Å². The summed E-state index contributed by atoms with van der Waals surface area (Å²) < 4.78 is 49.2. The highest BCUT2D eigenvalue weighted by molar-refractivity contribution is 5.81. The second kappa shape index (κ2) is 7.31. The molecule has 0 spiro atoms. The van der Waals surface area contributed by atoms with Crippen LogP contribution in [-0.4, -0.2) is 43.3 Å². The summed E-state index contributed by atoms with van der Waals surface area (Å²) >= 11 is 0. The third-order valence-electron chi connectivity index (χ3n) is 3.88. The number of carbonyl (C=O) groups is 1. The van der Waals surface area contributed by atoms with E-state index in [1.165, 1.54) is 11.0 Å². The highest BCUT2D eigenvalue weighted by atomic mass is 19.4. The molecular formula is C16H20F3NO3. The smallest absolute Gasteiger partial charge is 0.376 e. The van der Waals surface area contributed by atoms with Crippen molar-refractivity contribution in [3.8, 4) is 0 Å². The van der Waals surface area contributed by atoms with Crippen LogP contribution >= 0.6 is 0 Å². The molecule has 1 aliphatic rings. The molecule has 1 amide bonds. The molecule has 0 radical (unpaired) electrons. The lowest BCUT2D eigenvalue weighted by Crippen LogP contribution is -2.46. The van der Waals surface area contributed by atoms with Gasteiger partial charge in [0.15, 0.2) is 6.10 Å². The Balaban J connectivity index is 2.19. The maximum Gasteiger partial charge on any atom is 0.416 e. The van der Waals surface area contributed by atoms with Crippen molar-refractivity contribution in [1.82, 2.24) is 4.90 Å². The number of likely N-dealkylation sites (N-methyl/N-ethyl adjacent to an activating group) is 1.